The van der Waals surface area contributed by atoms with Gasteiger partial charge in [-0.05, 0) is 36.1 Å². The fourth-order valence-corrected chi connectivity index (χ4v) is 1.93. The second kappa shape index (κ2) is 4.12. The predicted octanol–water partition coefficient (Wildman–Crippen LogP) is 2.55. The van der Waals surface area contributed by atoms with Crippen LogP contribution in [0.25, 0.3) is 0 Å². The van der Waals surface area contributed by atoms with Crippen LogP contribution in [-0.2, 0) is 17.8 Å². The number of benzene rings is 1. The molecule has 1 aliphatic carbocycles. The van der Waals surface area contributed by atoms with Gasteiger partial charge in [0, 0.05) is 18.6 Å². The number of hydrogen-bond acceptors (Lipinski definition) is 2. The lowest BCUT2D eigenvalue weighted by Crippen LogP contribution is -2.12. The highest BCUT2D eigenvalue weighted by Crippen LogP contribution is 2.39. The largest absolute Gasteiger partial charge is 0.390 e. The van der Waals surface area contributed by atoms with E-state index in [4.69, 9.17) is 16.3 Å². The van der Waals surface area contributed by atoms with Gasteiger partial charge in [0.25, 0.3) is 0 Å². The summed E-state index contributed by atoms with van der Waals surface area (Å²) in [5.74, 6) is 0. The molecule has 15 heavy (non-hydrogen) atoms. The second-order valence-corrected chi connectivity index (χ2v) is 4.68. The maximum Gasteiger partial charge on any atom is 0.0715 e. The van der Waals surface area contributed by atoms with E-state index in [2.05, 4.69) is 0 Å². The minimum absolute atomic E-state index is 0.479. The van der Waals surface area contributed by atoms with Gasteiger partial charge in [0.1, 0.15) is 0 Å². The van der Waals surface area contributed by atoms with Crippen molar-refractivity contribution >= 4 is 11.6 Å². The molecule has 1 N–H and O–H groups in total. The molecule has 0 radical (unpaired) electrons. The van der Waals surface area contributed by atoms with E-state index in [1.54, 1.807) is 7.11 Å². The summed E-state index contributed by atoms with van der Waals surface area (Å²) in [6, 6.07) is 5.75. The summed E-state index contributed by atoms with van der Waals surface area (Å²) in [5, 5.41) is 10.6. The zero-order chi connectivity index (χ0) is 10.9. The Morgan fingerprint density at radius 2 is 2.13 bits per heavy atom. The Hall–Kier alpha value is -0.570. The van der Waals surface area contributed by atoms with Crippen LogP contribution in [-0.4, -0.2) is 17.8 Å². The molecular weight excluding hydrogens is 212 g/mol. The molecule has 0 atom stereocenters. The van der Waals surface area contributed by atoms with Crippen LogP contribution in [0, 0.1) is 0 Å². The quantitative estimate of drug-likeness (QED) is 0.855. The average Bonchev–Trinajstić information content (AvgIpc) is 2.89. The molecule has 3 heteroatoms. The maximum atomic E-state index is 9.88. The van der Waals surface area contributed by atoms with Crippen LogP contribution in [0.4, 0.5) is 0 Å². The fourth-order valence-electron chi connectivity index (χ4n) is 1.73. The summed E-state index contributed by atoms with van der Waals surface area (Å²) in [5.41, 5.74) is 1.74. The molecule has 0 spiro atoms. The van der Waals surface area contributed by atoms with E-state index in [-0.39, 0.29) is 0 Å². The summed E-state index contributed by atoms with van der Waals surface area (Å²) in [6.45, 7) is 0.572. The van der Waals surface area contributed by atoms with Crippen LogP contribution in [0.1, 0.15) is 24.0 Å². The Bertz CT molecular complexity index is 359. The fraction of sp³-hybridized carbons (Fsp3) is 0.500. The molecule has 0 bridgehead atoms. The Balaban J connectivity index is 2.21. The van der Waals surface area contributed by atoms with Gasteiger partial charge < -0.3 is 9.84 Å². The Labute approximate surface area is 94.8 Å². The van der Waals surface area contributed by atoms with E-state index in [0.717, 1.165) is 24.0 Å². The zero-order valence-corrected chi connectivity index (χ0v) is 9.55. The van der Waals surface area contributed by atoms with E-state index in [1.165, 1.54) is 0 Å². The first-order valence-electron chi connectivity index (χ1n) is 5.12. The summed E-state index contributed by atoms with van der Waals surface area (Å²) in [4.78, 5) is 0. The summed E-state index contributed by atoms with van der Waals surface area (Å²) in [7, 11) is 1.67. The third-order valence-electron chi connectivity index (χ3n) is 2.81. The van der Waals surface area contributed by atoms with E-state index < -0.39 is 5.60 Å². The van der Waals surface area contributed by atoms with E-state index in [0.29, 0.717) is 18.1 Å². The standard InChI is InChI=1S/C12H15ClO2/c1-15-8-9-2-3-11(13)6-10(9)7-12(14)4-5-12/h2-3,6,14H,4-5,7-8H2,1H3. The van der Waals surface area contributed by atoms with Crippen molar-refractivity contribution in [3.8, 4) is 0 Å². The van der Waals surface area contributed by atoms with Gasteiger partial charge in [-0.2, -0.15) is 0 Å². The van der Waals surface area contributed by atoms with Gasteiger partial charge in [-0.3, -0.25) is 0 Å². The van der Waals surface area contributed by atoms with Crippen molar-refractivity contribution in [2.45, 2.75) is 31.5 Å². The van der Waals surface area contributed by atoms with Gasteiger partial charge in [0.2, 0.25) is 0 Å². The molecule has 1 aromatic rings. The molecule has 0 amide bonds. The first-order chi connectivity index (χ1) is 7.13. The van der Waals surface area contributed by atoms with Crippen molar-refractivity contribution in [3.63, 3.8) is 0 Å². The van der Waals surface area contributed by atoms with E-state index >= 15 is 0 Å². The van der Waals surface area contributed by atoms with Gasteiger partial charge in [0.05, 0.1) is 12.2 Å². The second-order valence-electron chi connectivity index (χ2n) is 4.25. The molecule has 1 aromatic carbocycles. The first-order valence-corrected chi connectivity index (χ1v) is 5.49. The lowest BCUT2D eigenvalue weighted by atomic mass is 10.0. The highest BCUT2D eigenvalue weighted by molar-refractivity contribution is 6.30. The number of halogens is 1. The molecule has 0 aliphatic heterocycles. The number of ether oxygens (including phenoxy) is 1. The van der Waals surface area contributed by atoms with Crippen LogP contribution >= 0.6 is 11.6 Å². The monoisotopic (exact) mass is 226 g/mol. The highest BCUT2D eigenvalue weighted by atomic mass is 35.5. The minimum atomic E-state index is -0.479. The summed E-state index contributed by atoms with van der Waals surface area (Å²) < 4.78 is 5.12. The van der Waals surface area contributed by atoms with Crippen LogP contribution in [0.15, 0.2) is 18.2 Å². The molecular formula is C12H15ClO2. The number of rotatable bonds is 4. The molecule has 2 rings (SSSR count). The van der Waals surface area contributed by atoms with Crippen LogP contribution < -0.4 is 0 Å². The number of aliphatic hydroxyl groups is 1. The lowest BCUT2D eigenvalue weighted by Gasteiger charge is -2.12. The van der Waals surface area contributed by atoms with Crippen LogP contribution in [0.5, 0.6) is 0 Å². The number of methoxy groups -OCH3 is 1. The van der Waals surface area contributed by atoms with Crippen molar-refractivity contribution < 1.29 is 9.84 Å². The van der Waals surface area contributed by atoms with Gasteiger partial charge in [-0.15, -0.1) is 0 Å². The maximum absolute atomic E-state index is 9.88. The van der Waals surface area contributed by atoms with Crippen LogP contribution in [0.2, 0.25) is 5.02 Å². The molecule has 1 aliphatic rings. The Morgan fingerprint density at radius 3 is 2.73 bits per heavy atom. The van der Waals surface area contributed by atoms with Crippen molar-refractivity contribution in [2.75, 3.05) is 7.11 Å². The average molecular weight is 227 g/mol. The van der Waals surface area contributed by atoms with Gasteiger partial charge in [-0.25, -0.2) is 0 Å². The summed E-state index contributed by atoms with van der Waals surface area (Å²) in [6.07, 6.45) is 2.48. The Kier molecular flexibility index (Phi) is 3.01. The Morgan fingerprint density at radius 1 is 1.40 bits per heavy atom. The van der Waals surface area contributed by atoms with Gasteiger partial charge in [-0.1, -0.05) is 17.7 Å². The molecule has 0 unspecified atom stereocenters. The molecule has 0 aromatic heterocycles. The topological polar surface area (TPSA) is 29.5 Å². The summed E-state index contributed by atoms with van der Waals surface area (Å²) >= 11 is 5.94. The SMILES string of the molecule is COCc1ccc(Cl)cc1CC1(O)CC1. The van der Waals surface area contributed by atoms with Crippen molar-refractivity contribution in [1.82, 2.24) is 0 Å². The molecule has 1 saturated carbocycles. The normalized spacial score (nSPS) is 17.8. The highest BCUT2D eigenvalue weighted by Gasteiger charge is 2.40. The van der Waals surface area contributed by atoms with E-state index in [1.807, 2.05) is 18.2 Å². The first kappa shape index (κ1) is 10.9. The van der Waals surface area contributed by atoms with Crippen LogP contribution in [0.3, 0.4) is 0 Å². The molecule has 82 valence electrons. The molecule has 1 fully saturated rings. The van der Waals surface area contributed by atoms with Crippen molar-refractivity contribution in [2.24, 2.45) is 0 Å². The third-order valence-corrected chi connectivity index (χ3v) is 3.05. The third kappa shape index (κ3) is 2.71. The van der Waals surface area contributed by atoms with Gasteiger partial charge in [0.15, 0.2) is 0 Å². The molecule has 2 nitrogen and oxygen atoms in total. The van der Waals surface area contributed by atoms with E-state index in [9.17, 15) is 5.11 Å². The van der Waals surface area contributed by atoms with Crippen molar-refractivity contribution in [1.29, 1.82) is 0 Å². The zero-order valence-electron chi connectivity index (χ0n) is 8.79. The predicted molar refractivity (Wildman–Crippen MR) is 60.1 cm³/mol. The molecule has 0 saturated heterocycles. The molecule has 0 heterocycles. The van der Waals surface area contributed by atoms with Gasteiger partial charge >= 0.3 is 0 Å². The number of hydrogen-bond donors (Lipinski definition) is 1. The smallest absolute Gasteiger partial charge is 0.0715 e. The lowest BCUT2D eigenvalue weighted by molar-refractivity contribution is 0.148. The van der Waals surface area contributed by atoms with Crippen molar-refractivity contribution in [3.05, 3.63) is 34.3 Å². The minimum Gasteiger partial charge on any atom is -0.390 e.